The van der Waals surface area contributed by atoms with E-state index < -0.39 is 0 Å². The monoisotopic (exact) mass is 306 g/mol. The predicted octanol–water partition coefficient (Wildman–Crippen LogP) is 2.32. The minimum absolute atomic E-state index is 0.0173. The number of hydrogen-bond donors (Lipinski definition) is 2. The molecule has 1 aliphatic rings. The first-order chi connectivity index (χ1) is 10.8. The standard InChI is InChI=1S/C17H26N2O3/c1-2-18-12-14-6-3-4-8-16(14)19-17(20)9-11-21-13-15-7-5-10-22-15/h3-4,6,8,15,18H,2,5,7,9-13H2,1H3,(H,19,20). The highest BCUT2D eigenvalue weighted by Crippen LogP contribution is 2.15. The van der Waals surface area contributed by atoms with Crippen LogP contribution in [0.15, 0.2) is 24.3 Å². The molecule has 1 aliphatic heterocycles. The molecule has 1 amide bonds. The minimum Gasteiger partial charge on any atom is -0.378 e. The van der Waals surface area contributed by atoms with E-state index in [1.807, 2.05) is 24.3 Å². The second-order valence-corrected chi connectivity index (χ2v) is 5.45. The van der Waals surface area contributed by atoms with Crippen molar-refractivity contribution in [2.24, 2.45) is 0 Å². The van der Waals surface area contributed by atoms with Crippen LogP contribution in [-0.4, -0.2) is 38.4 Å². The maximum atomic E-state index is 12.0. The molecule has 0 aromatic heterocycles. The molecule has 1 fully saturated rings. The summed E-state index contributed by atoms with van der Waals surface area (Å²) in [5.74, 6) is -0.0173. The number of nitrogens with one attached hydrogen (secondary N) is 2. The van der Waals surface area contributed by atoms with Crippen LogP contribution in [0.4, 0.5) is 5.69 Å². The minimum atomic E-state index is -0.0173. The topological polar surface area (TPSA) is 59.6 Å². The number of ether oxygens (including phenoxy) is 2. The fourth-order valence-corrected chi connectivity index (χ4v) is 2.42. The molecule has 1 saturated heterocycles. The molecule has 2 rings (SSSR count). The Morgan fingerprint density at radius 2 is 2.27 bits per heavy atom. The number of para-hydroxylation sites is 1. The zero-order chi connectivity index (χ0) is 15.6. The number of carbonyl (C=O) groups excluding carboxylic acids is 1. The first-order valence-corrected chi connectivity index (χ1v) is 8.07. The van der Waals surface area contributed by atoms with Gasteiger partial charge in [0.25, 0.3) is 0 Å². The van der Waals surface area contributed by atoms with Crippen LogP contribution < -0.4 is 10.6 Å². The highest BCUT2D eigenvalue weighted by molar-refractivity contribution is 5.91. The highest BCUT2D eigenvalue weighted by atomic mass is 16.5. The lowest BCUT2D eigenvalue weighted by Crippen LogP contribution is -2.20. The lowest BCUT2D eigenvalue weighted by molar-refractivity contribution is -0.117. The van der Waals surface area contributed by atoms with Gasteiger partial charge in [0.2, 0.25) is 5.91 Å². The molecule has 0 aliphatic carbocycles. The third-order valence-electron chi connectivity index (χ3n) is 3.66. The molecule has 0 saturated carbocycles. The van der Waals surface area contributed by atoms with Crippen LogP contribution in [0.1, 0.15) is 31.7 Å². The van der Waals surface area contributed by atoms with Gasteiger partial charge in [-0.2, -0.15) is 0 Å². The molecule has 1 heterocycles. The van der Waals surface area contributed by atoms with E-state index in [1.165, 1.54) is 0 Å². The first-order valence-electron chi connectivity index (χ1n) is 8.07. The second kappa shape index (κ2) is 9.56. The van der Waals surface area contributed by atoms with Gasteiger partial charge in [-0.3, -0.25) is 4.79 Å². The number of carbonyl (C=O) groups is 1. The van der Waals surface area contributed by atoms with E-state index >= 15 is 0 Å². The van der Waals surface area contributed by atoms with Gasteiger partial charge in [0.05, 0.1) is 25.7 Å². The SMILES string of the molecule is CCNCc1ccccc1NC(=O)CCOCC1CCCO1. The molecule has 0 bridgehead atoms. The maximum Gasteiger partial charge on any atom is 0.226 e. The fourth-order valence-electron chi connectivity index (χ4n) is 2.42. The van der Waals surface area contributed by atoms with E-state index in [9.17, 15) is 4.79 Å². The summed E-state index contributed by atoms with van der Waals surface area (Å²) in [5.41, 5.74) is 1.96. The van der Waals surface area contributed by atoms with Crippen molar-refractivity contribution in [2.75, 3.05) is 31.7 Å². The summed E-state index contributed by atoms with van der Waals surface area (Å²) < 4.78 is 11.0. The van der Waals surface area contributed by atoms with Crippen LogP contribution in [0.5, 0.6) is 0 Å². The Bertz CT molecular complexity index is 459. The molecule has 1 unspecified atom stereocenters. The molecule has 1 aromatic rings. The van der Waals surface area contributed by atoms with Crippen LogP contribution >= 0.6 is 0 Å². The third kappa shape index (κ3) is 5.75. The average Bonchev–Trinajstić information content (AvgIpc) is 3.04. The van der Waals surface area contributed by atoms with Gasteiger partial charge in [0, 0.05) is 18.8 Å². The van der Waals surface area contributed by atoms with Crippen molar-refractivity contribution in [1.29, 1.82) is 0 Å². The zero-order valence-electron chi connectivity index (χ0n) is 13.3. The molecule has 2 N–H and O–H groups in total. The van der Waals surface area contributed by atoms with Crippen LogP contribution in [0.3, 0.4) is 0 Å². The third-order valence-corrected chi connectivity index (χ3v) is 3.66. The summed E-state index contributed by atoms with van der Waals surface area (Å²) in [7, 11) is 0. The summed E-state index contributed by atoms with van der Waals surface area (Å²) in [6.07, 6.45) is 2.74. The highest BCUT2D eigenvalue weighted by Gasteiger charge is 2.15. The number of benzene rings is 1. The van der Waals surface area contributed by atoms with Gasteiger partial charge < -0.3 is 20.1 Å². The summed E-state index contributed by atoms with van der Waals surface area (Å²) >= 11 is 0. The number of anilines is 1. The van der Waals surface area contributed by atoms with Crippen LogP contribution in [0.25, 0.3) is 0 Å². The Balaban J connectivity index is 1.69. The largest absolute Gasteiger partial charge is 0.378 e. The molecule has 0 spiro atoms. The van der Waals surface area contributed by atoms with Crippen LogP contribution in [0, 0.1) is 0 Å². The summed E-state index contributed by atoms with van der Waals surface area (Å²) in [6, 6.07) is 7.86. The molecular weight excluding hydrogens is 280 g/mol. The van der Waals surface area contributed by atoms with Crippen molar-refractivity contribution in [3.05, 3.63) is 29.8 Å². The molecular formula is C17H26N2O3. The van der Waals surface area contributed by atoms with E-state index in [2.05, 4.69) is 17.6 Å². The van der Waals surface area contributed by atoms with Crippen LogP contribution in [-0.2, 0) is 20.8 Å². The van der Waals surface area contributed by atoms with E-state index in [0.29, 0.717) is 19.6 Å². The quantitative estimate of drug-likeness (QED) is 0.687. The molecule has 22 heavy (non-hydrogen) atoms. The normalized spacial score (nSPS) is 17.6. The molecule has 1 aromatic carbocycles. The van der Waals surface area contributed by atoms with Gasteiger partial charge in [-0.05, 0) is 31.0 Å². The smallest absolute Gasteiger partial charge is 0.226 e. The lowest BCUT2D eigenvalue weighted by Gasteiger charge is -2.12. The van der Waals surface area contributed by atoms with E-state index in [0.717, 1.165) is 43.8 Å². The molecule has 0 radical (unpaired) electrons. The summed E-state index contributed by atoms with van der Waals surface area (Å²) in [4.78, 5) is 12.0. The van der Waals surface area contributed by atoms with Crippen molar-refractivity contribution in [3.63, 3.8) is 0 Å². The first kappa shape index (κ1) is 16.9. The van der Waals surface area contributed by atoms with Crippen LogP contribution in [0.2, 0.25) is 0 Å². The van der Waals surface area contributed by atoms with Gasteiger partial charge >= 0.3 is 0 Å². The van der Waals surface area contributed by atoms with E-state index in [1.54, 1.807) is 0 Å². The summed E-state index contributed by atoms with van der Waals surface area (Å²) in [6.45, 7) is 5.57. The predicted molar refractivity (Wildman–Crippen MR) is 86.9 cm³/mol. The van der Waals surface area contributed by atoms with Crippen molar-refractivity contribution < 1.29 is 14.3 Å². The number of rotatable bonds is 9. The molecule has 5 nitrogen and oxygen atoms in total. The van der Waals surface area contributed by atoms with Gasteiger partial charge in [-0.1, -0.05) is 25.1 Å². The Hall–Kier alpha value is -1.43. The second-order valence-electron chi connectivity index (χ2n) is 5.45. The lowest BCUT2D eigenvalue weighted by atomic mass is 10.1. The number of amides is 1. The Kier molecular flexibility index (Phi) is 7.36. The van der Waals surface area contributed by atoms with Crippen molar-refractivity contribution in [3.8, 4) is 0 Å². The van der Waals surface area contributed by atoms with E-state index in [-0.39, 0.29) is 12.0 Å². The number of hydrogen-bond acceptors (Lipinski definition) is 4. The summed E-state index contributed by atoms with van der Waals surface area (Å²) in [5, 5.41) is 6.23. The zero-order valence-corrected chi connectivity index (χ0v) is 13.3. The van der Waals surface area contributed by atoms with E-state index in [4.69, 9.17) is 9.47 Å². The maximum absolute atomic E-state index is 12.0. The Morgan fingerprint density at radius 1 is 1.41 bits per heavy atom. The average molecular weight is 306 g/mol. The fraction of sp³-hybridized carbons (Fsp3) is 0.588. The van der Waals surface area contributed by atoms with Gasteiger partial charge in [0.15, 0.2) is 0 Å². The molecule has 1 atom stereocenters. The van der Waals surface area contributed by atoms with Gasteiger partial charge in [-0.25, -0.2) is 0 Å². The Morgan fingerprint density at radius 3 is 3.05 bits per heavy atom. The Labute approximate surface area is 132 Å². The molecule has 5 heteroatoms. The van der Waals surface area contributed by atoms with Crippen molar-refractivity contribution in [2.45, 2.75) is 38.8 Å². The van der Waals surface area contributed by atoms with Crippen molar-refractivity contribution >= 4 is 11.6 Å². The molecule has 122 valence electrons. The van der Waals surface area contributed by atoms with Gasteiger partial charge in [-0.15, -0.1) is 0 Å². The van der Waals surface area contributed by atoms with Crippen molar-refractivity contribution in [1.82, 2.24) is 5.32 Å². The van der Waals surface area contributed by atoms with Gasteiger partial charge in [0.1, 0.15) is 0 Å².